The molecule has 1 aliphatic rings. The van der Waals surface area contributed by atoms with Crippen molar-refractivity contribution in [3.05, 3.63) is 65.7 Å². The minimum Gasteiger partial charge on any atom is -0.368 e. The van der Waals surface area contributed by atoms with Crippen LogP contribution in [0.2, 0.25) is 0 Å². The number of carbonyl (C=O) groups excluding carboxylic acids is 2. The van der Waals surface area contributed by atoms with Crippen LogP contribution in [0.15, 0.2) is 54.6 Å². The smallest absolute Gasteiger partial charge is 0.253 e. The third-order valence-corrected chi connectivity index (χ3v) is 4.78. The van der Waals surface area contributed by atoms with Gasteiger partial charge < -0.3 is 15.0 Å². The second-order valence-corrected chi connectivity index (χ2v) is 6.69. The van der Waals surface area contributed by atoms with Gasteiger partial charge >= 0.3 is 0 Å². The van der Waals surface area contributed by atoms with Crippen LogP contribution in [0.4, 0.5) is 5.69 Å². The Kier molecular flexibility index (Phi) is 6.60. The number of likely N-dealkylation sites (N-methyl/N-ethyl adjacent to an activating group) is 1. The summed E-state index contributed by atoms with van der Waals surface area (Å²) < 4.78 is 5.41. The highest BCUT2D eigenvalue weighted by molar-refractivity contribution is 5.98. The summed E-state index contributed by atoms with van der Waals surface area (Å²) in [5, 5.41) is 2.86. The van der Waals surface area contributed by atoms with Crippen molar-refractivity contribution in [1.29, 1.82) is 0 Å². The second kappa shape index (κ2) is 9.33. The lowest BCUT2D eigenvalue weighted by atomic mass is 10.1. The third-order valence-electron chi connectivity index (χ3n) is 4.78. The van der Waals surface area contributed by atoms with Gasteiger partial charge in [0.2, 0.25) is 0 Å². The van der Waals surface area contributed by atoms with Crippen LogP contribution >= 0.6 is 0 Å². The second-order valence-electron chi connectivity index (χ2n) is 6.69. The molecule has 2 aromatic rings. The molecule has 0 saturated carbocycles. The predicted molar refractivity (Wildman–Crippen MR) is 106 cm³/mol. The molecule has 27 heavy (non-hydrogen) atoms. The van der Waals surface area contributed by atoms with E-state index < -0.39 is 0 Å². The van der Waals surface area contributed by atoms with Crippen LogP contribution in [0.3, 0.4) is 0 Å². The monoisotopic (exact) mass is 366 g/mol. The molecule has 2 aromatic carbocycles. The Balaban J connectivity index is 1.63. The first-order valence-electron chi connectivity index (χ1n) is 9.53. The van der Waals surface area contributed by atoms with Crippen LogP contribution < -0.4 is 5.32 Å². The first kappa shape index (κ1) is 19.1. The van der Waals surface area contributed by atoms with Crippen molar-refractivity contribution < 1.29 is 14.3 Å². The Bertz CT molecular complexity index is 770. The quantitative estimate of drug-likeness (QED) is 0.816. The summed E-state index contributed by atoms with van der Waals surface area (Å²) >= 11 is 0. The van der Waals surface area contributed by atoms with Gasteiger partial charge in [0, 0.05) is 30.9 Å². The molecule has 1 unspecified atom stereocenters. The summed E-state index contributed by atoms with van der Waals surface area (Å²) in [5.74, 6) is -0.171. The average molecular weight is 366 g/mol. The molecule has 0 aromatic heterocycles. The Hall–Kier alpha value is -2.66. The molecule has 1 fully saturated rings. The van der Waals surface area contributed by atoms with Gasteiger partial charge in [0.25, 0.3) is 11.8 Å². The fourth-order valence-electron chi connectivity index (χ4n) is 3.23. The van der Waals surface area contributed by atoms with E-state index in [1.807, 2.05) is 30.0 Å². The Labute approximate surface area is 160 Å². The van der Waals surface area contributed by atoms with Crippen molar-refractivity contribution >= 4 is 17.5 Å². The van der Waals surface area contributed by atoms with Crippen molar-refractivity contribution in [1.82, 2.24) is 4.90 Å². The van der Waals surface area contributed by atoms with Gasteiger partial charge in [-0.25, -0.2) is 0 Å². The van der Waals surface area contributed by atoms with E-state index in [0.29, 0.717) is 30.9 Å². The SMILES string of the molecule is CCN(CCc1ccccc1)C(=O)c1cccc(NC(=O)C2CCCO2)c1. The summed E-state index contributed by atoms with van der Waals surface area (Å²) in [7, 11) is 0. The summed E-state index contributed by atoms with van der Waals surface area (Å²) in [4.78, 5) is 26.9. The van der Waals surface area contributed by atoms with E-state index in [9.17, 15) is 9.59 Å². The molecule has 3 rings (SSSR count). The molecule has 1 heterocycles. The predicted octanol–water partition coefficient (Wildman–Crippen LogP) is 3.51. The largest absolute Gasteiger partial charge is 0.368 e. The Morgan fingerprint density at radius 1 is 1.15 bits per heavy atom. The molecule has 1 atom stereocenters. The van der Waals surface area contributed by atoms with Crippen molar-refractivity contribution in [3.8, 4) is 0 Å². The number of hydrogen-bond acceptors (Lipinski definition) is 3. The molecular formula is C22H26N2O3. The average Bonchev–Trinajstić information content (AvgIpc) is 3.24. The lowest BCUT2D eigenvalue weighted by Gasteiger charge is -2.21. The number of hydrogen-bond donors (Lipinski definition) is 1. The standard InChI is InChI=1S/C22H26N2O3/c1-2-24(14-13-17-8-4-3-5-9-17)22(26)18-10-6-11-19(16-18)23-21(25)20-12-7-15-27-20/h3-6,8-11,16,20H,2,7,12-15H2,1H3,(H,23,25). The molecular weight excluding hydrogens is 340 g/mol. The number of nitrogens with zero attached hydrogens (tertiary/aromatic N) is 1. The highest BCUT2D eigenvalue weighted by atomic mass is 16.5. The topological polar surface area (TPSA) is 58.6 Å². The highest BCUT2D eigenvalue weighted by Gasteiger charge is 2.23. The molecule has 5 nitrogen and oxygen atoms in total. The number of amides is 2. The number of nitrogens with one attached hydrogen (secondary N) is 1. The summed E-state index contributed by atoms with van der Waals surface area (Å²) in [6.45, 7) is 3.90. The van der Waals surface area contributed by atoms with Crippen LogP contribution in [0.5, 0.6) is 0 Å². The fourth-order valence-corrected chi connectivity index (χ4v) is 3.23. The highest BCUT2D eigenvalue weighted by Crippen LogP contribution is 2.17. The van der Waals surface area contributed by atoms with E-state index in [-0.39, 0.29) is 17.9 Å². The van der Waals surface area contributed by atoms with Crippen molar-refractivity contribution in [2.45, 2.75) is 32.3 Å². The van der Waals surface area contributed by atoms with Crippen molar-refractivity contribution in [3.63, 3.8) is 0 Å². The molecule has 0 aliphatic carbocycles. The van der Waals surface area contributed by atoms with Gasteiger partial charge in [-0.2, -0.15) is 0 Å². The van der Waals surface area contributed by atoms with Crippen LogP contribution in [0.1, 0.15) is 35.7 Å². The van der Waals surface area contributed by atoms with Gasteiger partial charge in [0.1, 0.15) is 6.10 Å². The molecule has 5 heteroatoms. The van der Waals surface area contributed by atoms with Crippen LogP contribution in [0.25, 0.3) is 0 Å². The molecule has 142 valence electrons. The number of anilines is 1. The van der Waals surface area contributed by atoms with Gasteiger partial charge in [-0.05, 0) is 49.9 Å². The lowest BCUT2D eigenvalue weighted by molar-refractivity contribution is -0.124. The van der Waals surface area contributed by atoms with Crippen LogP contribution in [-0.4, -0.2) is 42.5 Å². The normalized spacial score (nSPS) is 16.1. The summed E-state index contributed by atoms with van der Waals surface area (Å²) in [6, 6.07) is 17.3. The van der Waals surface area contributed by atoms with E-state index in [4.69, 9.17) is 4.74 Å². The van der Waals surface area contributed by atoms with Crippen LogP contribution in [0, 0.1) is 0 Å². The fraction of sp³-hybridized carbons (Fsp3) is 0.364. The van der Waals surface area contributed by atoms with E-state index in [2.05, 4.69) is 17.4 Å². The zero-order valence-electron chi connectivity index (χ0n) is 15.7. The molecule has 1 saturated heterocycles. The van der Waals surface area contributed by atoms with Crippen molar-refractivity contribution in [2.75, 3.05) is 25.0 Å². The number of rotatable bonds is 7. The van der Waals surface area contributed by atoms with E-state index in [1.54, 1.807) is 24.3 Å². The molecule has 1 aliphatic heterocycles. The maximum absolute atomic E-state index is 12.9. The van der Waals surface area contributed by atoms with Gasteiger partial charge in [-0.1, -0.05) is 36.4 Å². The zero-order chi connectivity index (χ0) is 19.1. The summed E-state index contributed by atoms with van der Waals surface area (Å²) in [5.41, 5.74) is 2.41. The third kappa shape index (κ3) is 5.17. The number of ether oxygens (including phenoxy) is 1. The first-order chi connectivity index (χ1) is 13.2. The Morgan fingerprint density at radius 2 is 1.96 bits per heavy atom. The lowest BCUT2D eigenvalue weighted by Crippen LogP contribution is -2.33. The van der Waals surface area contributed by atoms with Gasteiger partial charge in [-0.3, -0.25) is 9.59 Å². The Morgan fingerprint density at radius 3 is 2.67 bits per heavy atom. The van der Waals surface area contributed by atoms with E-state index in [0.717, 1.165) is 19.3 Å². The number of carbonyl (C=O) groups is 2. The van der Waals surface area contributed by atoms with Crippen LogP contribution in [-0.2, 0) is 16.0 Å². The maximum Gasteiger partial charge on any atom is 0.253 e. The minimum absolute atomic E-state index is 0.0263. The minimum atomic E-state index is -0.387. The molecule has 2 amide bonds. The summed E-state index contributed by atoms with van der Waals surface area (Å²) in [6.07, 6.45) is 2.08. The van der Waals surface area contributed by atoms with E-state index >= 15 is 0 Å². The van der Waals surface area contributed by atoms with Crippen molar-refractivity contribution in [2.24, 2.45) is 0 Å². The van der Waals surface area contributed by atoms with E-state index in [1.165, 1.54) is 5.56 Å². The molecule has 0 spiro atoms. The van der Waals surface area contributed by atoms with Gasteiger partial charge in [0.15, 0.2) is 0 Å². The number of benzene rings is 2. The molecule has 0 bridgehead atoms. The molecule has 1 N–H and O–H groups in total. The first-order valence-corrected chi connectivity index (χ1v) is 9.53. The van der Waals surface area contributed by atoms with Gasteiger partial charge in [-0.15, -0.1) is 0 Å². The molecule has 0 radical (unpaired) electrons. The van der Waals surface area contributed by atoms with Gasteiger partial charge in [0.05, 0.1) is 0 Å². The zero-order valence-corrected chi connectivity index (χ0v) is 15.7. The maximum atomic E-state index is 12.9.